The van der Waals surface area contributed by atoms with Gasteiger partial charge in [-0.05, 0) is 24.6 Å². The number of hydrogen-bond donors (Lipinski definition) is 1. The molecular formula is C14H11Cl2NO3. The van der Waals surface area contributed by atoms with Crippen LogP contribution in [0.15, 0.2) is 35.3 Å². The van der Waals surface area contributed by atoms with Crippen molar-refractivity contribution >= 4 is 29.2 Å². The third kappa shape index (κ3) is 3.03. The average molecular weight is 312 g/mol. The summed E-state index contributed by atoms with van der Waals surface area (Å²) in [5.41, 5.74) is 1.01. The fourth-order valence-corrected chi connectivity index (χ4v) is 2.05. The first-order chi connectivity index (χ1) is 9.52. The molecule has 1 aromatic carbocycles. The summed E-state index contributed by atoms with van der Waals surface area (Å²) in [6.07, 6.45) is 1.45. The SMILES string of the molecule is CCOC(=O)c1cc(=O)[nH]cc1-c1ccc(Cl)c(Cl)c1. The molecule has 0 aliphatic carbocycles. The molecule has 20 heavy (non-hydrogen) atoms. The summed E-state index contributed by atoms with van der Waals surface area (Å²) in [5, 5.41) is 0.780. The molecule has 0 atom stereocenters. The van der Waals surface area contributed by atoms with Crippen LogP contribution in [0.5, 0.6) is 0 Å². The molecule has 0 aliphatic rings. The van der Waals surface area contributed by atoms with Gasteiger partial charge < -0.3 is 9.72 Å². The quantitative estimate of drug-likeness (QED) is 0.882. The van der Waals surface area contributed by atoms with Crippen LogP contribution in [0.3, 0.4) is 0 Å². The zero-order valence-corrected chi connectivity index (χ0v) is 12.1. The normalized spacial score (nSPS) is 10.3. The number of benzene rings is 1. The molecule has 6 heteroatoms. The van der Waals surface area contributed by atoms with Gasteiger partial charge in [-0.25, -0.2) is 4.79 Å². The molecule has 0 unspecified atom stereocenters. The second-order valence-corrected chi connectivity index (χ2v) is 4.79. The average Bonchev–Trinajstić information content (AvgIpc) is 2.42. The number of hydrogen-bond acceptors (Lipinski definition) is 3. The fourth-order valence-electron chi connectivity index (χ4n) is 1.75. The first kappa shape index (κ1) is 14.6. The van der Waals surface area contributed by atoms with Crippen LogP contribution in [-0.4, -0.2) is 17.6 Å². The minimum absolute atomic E-state index is 0.189. The molecule has 0 aliphatic heterocycles. The van der Waals surface area contributed by atoms with E-state index in [9.17, 15) is 9.59 Å². The summed E-state index contributed by atoms with van der Waals surface area (Å²) in [6, 6.07) is 6.17. The van der Waals surface area contributed by atoms with Gasteiger partial charge >= 0.3 is 5.97 Å². The molecule has 0 amide bonds. The van der Waals surface area contributed by atoms with Crippen LogP contribution in [0, 0.1) is 0 Å². The van der Waals surface area contributed by atoms with Gasteiger partial charge in [0.1, 0.15) is 0 Å². The first-order valence-electron chi connectivity index (χ1n) is 5.88. The lowest BCUT2D eigenvalue weighted by atomic mass is 10.0. The minimum Gasteiger partial charge on any atom is -0.462 e. The Balaban J connectivity index is 2.58. The maximum atomic E-state index is 11.9. The predicted octanol–water partition coefficient (Wildman–Crippen LogP) is 3.53. The Labute approximate surface area is 125 Å². The smallest absolute Gasteiger partial charge is 0.339 e. The van der Waals surface area contributed by atoms with Gasteiger partial charge in [0.05, 0.1) is 22.2 Å². The Kier molecular flexibility index (Phi) is 4.47. The number of H-pyrrole nitrogens is 1. The molecule has 0 bridgehead atoms. The van der Waals surface area contributed by atoms with Crippen molar-refractivity contribution in [1.29, 1.82) is 0 Å². The molecule has 0 spiro atoms. The molecule has 0 saturated carbocycles. The van der Waals surface area contributed by atoms with Crippen molar-refractivity contribution < 1.29 is 9.53 Å². The number of aromatic nitrogens is 1. The van der Waals surface area contributed by atoms with Gasteiger partial charge in [-0.1, -0.05) is 29.3 Å². The minimum atomic E-state index is -0.556. The lowest BCUT2D eigenvalue weighted by Crippen LogP contribution is -2.13. The number of halogens is 2. The third-order valence-electron chi connectivity index (χ3n) is 2.65. The van der Waals surface area contributed by atoms with Crippen LogP contribution in [0.1, 0.15) is 17.3 Å². The van der Waals surface area contributed by atoms with E-state index in [0.29, 0.717) is 21.2 Å². The maximum absolute atomic E-state index is 11.9. The van der Waals surface area contributed by atoms with Crippen molar-refractivity contribution in [3.63, 3.8) is 0 Å². The van der Waals surface area contributed by atoms with Gasteiger partial charge in [-0.15, -0.1) is 0 Å². The van der Waals surface area contributed by atoms with Crippen LogP contribution in [0.2, 0.25) is 10.0 Å². The van der Waals surface area contributed by atoms with Gasteiger partial charge in [0, 0.05) is 17.8 Å². The summed E-state index contributed by atoms with van der Waals surface area (Å²) in [4.78, 5) is 25.8. The van der Waals surface area contributed by atoms with Crippen molar-refractivity contribution in [3.05, 3.63) is 56.4 Å². The number of ether oxygens (including phenoxy) is 1. The highest BCUT2D eigenvalue weighted by Gasteiger charge is 2.15. The van der Waals surface area contributed by atoms with Crippen molar-refractivity contribution in [2.75, 3.05) is 6.61 Å². The van der Waals surface area contributed by atoms with E-state index < -0.39 is 5.97 Å². The van der Waals surface area contributed by atoms with Crippen molar-refractivity contribution in [2.24, 2.45) is 0 Å². The maximum Gasteiger partial charge on any atom is 0.339 e. The summed E-state index contributed by atoms with van der Waals surface area (Å²) in [6.45, 7) is 1.93. The number of carbonyl (C=O) groups is 1. The van der Waals surface area contributed by atoms with E-state index in [2.05, 4.69) is 4.98 Å². The second kappa shape index (κ2) is 6.11. The molecule has 104 valence electrons. The van der Waals surface area contributed by atoms with Crippen LogP contribution >= 0.6 is 23.2 Å². The topological polar surface area (TPSA) is 59.2 Å². The highest BCUT2D eigenvalue weighted by atomic mass is 35.5. The van der Waals surface area contributed by atoms with Gasteiger partial charge in [-0.3, -0.25) is 4.79 Å². The number of rotatable bonds is 3. The Morgan fingerprint density at radius 2 is 2.00 bits per heavy atom. The molecule has 2 aromatic rings. The molecule has 0 fully saturated rings. The van der Waals surface area contributed by atoms with Crippen LogP contribution in [0.25, 0.3) is 11.1 Å². The summed E-state index contributed by atoms with van der Waals surface area (Å²) < 4.78 is 4.95. The Bertz CT molecular complexity index is 710. The largest absolute Gasteiger partial charge is 0.462 e. The summed E-state index contributed by atoms with van der Waals surface area (Å²) in [5.74, 6) is -0.556. The van der Waals surface area contributed by atoms with E-state index in [4.69, 9.17) is 27.9 Å². The Morgan fingerprint density at radius 1 is 1.25 bits per heavy atom. The van der Waals surface area contributed by atoms with Gasteiger partial charge in [0.15, 0.2) is 0 Å². The number of carbonyl (C=O) groups excluding carboxylic acids is 1. The summed E-state index contributed by atoms with van der Waals surface area (Å²) in [7, 11) is 0. The molecule has 0 saturated heterocycles. The Morgan fingerprint density at radius 3 is 2.65 bits per heavy atom. The van der Waals surface area contributed by atoms with E-state index in [1.165, 1.54) is 12.3 Å². The predicted molar refractivity (Wildman–Crippen MR) is 78.5 cm³/mol. The molecule has 0 radical (unpaired) electrons. The van der Waals surface area contributed by atoms with Crippen molar-refractivity contribution in [1.82, 2.24) is 4.98 Å². The highest BCUT2D eigenvalue weighted by molar-refractivity contribution is 6.42. The molecular weight excluding hydrogens is 301 g/mol. The zero-order valence-electron chi connectivity index (χ0n) is 10.6. The molecule has 1 heterocycles. The van der Waals surface area contributed by atoms with Crippen LogP contribution < -0.4 is 5.56 Å². The van der Waals surface area contributed by atoms with E-state index in [-0.39, 0.29) is 17.7 Å². The first-order valence-corrected chi connectivity index (χ1v) is 6.63. The lowest BCUT2D eigenvalue weighted by Gasteiger charge is -2.09. The molecule has 1 aromatic heterocycles. The van der Waals surface area contributed by atoms with E-state index in [1.807, 2.05) is 0 Å². The zero-order chi connectivity index (χ0) is 14.7. The fraction of sp³-hybridized carbons (Fsp3) is 0.143. The van der Waals surface area contributed by atoms with Gasteiger partial charge in [-0.2, -0.15) is 0 Å². The highest BCUT2D eigenvalue weighted by Crippen LogP contribution is 2.29. The second-order valence-electron chi connectivity index (χ2n) is 3.97. The number of pyridine rings is 1. The van der Waals surface area contributed by atoms with E-state index in [1.54, 1.807) is 25.1 Å². The molecule has 1 N–H and O–H groups in total. The summed E-state index contributed by atoms with van der Waals surface area (Å²) >= 11 is 11.8. The number of nitrogens with one attached hydrogen (secondary N) is 1. The van der Waals surface area contributed by atoms with Gasteiger partial charge in [0.2, 0.25) is 5.56 Å². The van der Waals surface area contributed by atoms with Gasteiger partial charge in [0.25, 0.3) is 0 Å². The standard InChI is InChI=1S/C14H11Cl2NO3/c1-2-20-14(19)9-6-13(18)17-7-10(9)8-3-4-11(15)12(16)5-8/h3-7H,2H2,1H3,(H,17,18). The van der Waals surface area contributed by atoms with E-state index >= 15 is 0 Å². The van der Waals surface area contributed by atoms with Crippen LogP contribution in [0.4, 0.5) is 0 Å². The third-order valence-corrected chi connectivity index (χ3v) is 3.39. The van der Waals surface area contributed by atoms with Crippen molar-refractivity contribution in [3.8, 4) is 11.1 Å². The number of esters is 1. The lowest BCUT2D eigenvalue weighted by molar-refractivity contribution is 0.0527. The molecule has 2 rings (SSSR count). The van der Waals surface area contributed by atoms with E-state index in [0.717, 1.165) is 0 Å². The monoisotopic (exact) mass is 311 g/mol. The Hall–Kier alpha value is -1.78. The number of aromatic amines is 1. The molecule has 4 nitrogen and oxygen atoms in total. The van der Waals surface area contributed by atoms with Crippen LogP contribution in [-0.2, 0) is 4.74 Å². The van der Waals surface area contributed by atoms with Crippen molar-refractivity contribution in [2.45, 2.75) is 6.92 Å².